The smallest absolute Gasteiger partial charge is 0.326 e. The Hall–Kier alpha value is -1.63. The number of piperidine rings is 1. The van der Waals surface area contributed by atoms with Crippen LogP contribution in [-0.4, -0.2) is 41.5 Å². The van der Waals surface area contributed by atoms with Crippen LogP contribution >= 0.6 is 0 Å². The van der Waals surface area contributed by atoms with Crippen LogP contribution in [0.4, 0.5) is 0 Å². The Morgan fingerprint density at radius 3 is 2.67 bits per heavy atom. The normalized spacial score (nSPS) is 25.2. The fourth-order valence-electron chi connectivity index (χ4n) is 1.98. The Balaban J connectivity index is 2.54. The topological polar surface area (TPSA) is 122 Å². The summed E-state index contributed by atoms with van der Waals surface area (Å²) in [6, 6.07) is -1.66. The van der Waals surface area contributed by atoms with Gasteiger partial charge in [0, 0.05) is 0 Å². The molecule has 7 heteroatoms. The summed E-state index contributed by atoms with van der Waals surface area (Å²) in [5, 5.41) is 14.2. The van der Waals surface area contributed by atoms with Gasteiger partial charge >= 0.3 is 5.97 Å². The van der Waals surface area contributed by atoms with E-state index in [9.17, 15) is 14.4 Å². The second kappa shape index (κ2) is 6.34. The SMILES string of the molecule is CC1CCNC(C(=O)N[C@H](CC(N)=O)C(=O)O)C1. The van der Waals surface area contributed by atoms with E-state index in [4.69, 9.17) is 10.8 Å². The molecular formula is C11H19N3O4. The summed E-state index contributed by atoms with van der Waals surface area (Å²) in [5.41, 5.74) is 4.94. The lowest BCUT2D eigenvalue weighted by Gasteiger charge is -2.28. The van der Waals surface area contributed by atoms with E-state index in [1.165, 1.54) is 0 Å². The number of carboxylic acids is 1. The number of hydrogen-bond acceptors (Lipinski definition) is 4. The Morgan fingerprint density at radius 1 is 1.50 bits per heavy atom. The van der Waals surface area contributed by atoms with Crippen LogP contribution in [-0.2, 0) is 14.4 Å². The zero-order valence-corrected chi connectivity index (χ0v) is 10.3. The van der Waals surface area contributed by atoms with Crippen LogP contribution in [0.3, 0.4) is 0 Å². The number of hydrogen-bond donors (Lipinski definition) is 4. The molecule has 0 aromatic carbocycles. The van der Waals surface area contributed by atoms with Gasteiger partial charge < -0.3 is 21.5 Å². The van der Waals surface area contributed by atoms with E-state index >= 15 is 0 Å². The van der Waals surface area contributed by atoms with Gasteiger partial charge in [-0.25, -0.2) is 4.79 Å². The Kier molecular flexibility index (Phi) is 5.08. The molecule has 2 amide bonds. The third-order valence-corrected chi connectivity index (χ3v) is 3.00. The lowest BCUT2D eigenvalue weighted by Crippen LogP contribution is -2.53. The van der Waals surface area contributed by atoms with Crippen molar-refractivity contribution in [1.29, 1.82) is 0 Å². The molecular weight excluding hydrogens is 238 g/mol. The largest absolute Gasteiger partial charge is 0.480 e. The molecule has 7 nitrogen and oxygen atoms in total. The molecule has 0 aromatic rings. The van der Waals surface area contributed by atoms with Crippen LogP contribution in [0.2, 0.25) is 0 Å². The van der Waals surface area contributed by atoms with Crippen molar-refractivity contribution < 1.29 is 19.5 Å². The second-order valence-corrected chi connectivity index (χ2v) is 4.71. The van der Waals surface area contributed by atoms with Crippen molar-refractivity contribution in [3.63, 3.8) is 0 Å². The molecule has 0 spiro atoms. The van der Waals surface area contributed by atoms with E-state index in [0.717, 1.165) is 13.0 Å². The van der Waals surface area contributed by atoms with Crippen molar-refractivity contribution >= 4 is 17.8 Å². The highest BCUT2D eigenvalue weighted by molar-refractivity contribution is 5.90. The van der Waals surface area contributed by atoms with Crippen LogP contribution in [0.25, 0.3) is 0 Å². The summed E-state index contributed by atoms with van der Waals surface area (Å²) in [6.45, 7) is 2.77. The lowest BCUT2D eigenvalue weighted by molar-refractivity contribution is -0.143. The van der Waals surface area contributed by atoms with Gasteiger partial charge in [-0.15, -0.1) is 0 Å². The van der Waals surface area contributed by atoms with E-state index < -0.39 is 36.3 Å². The molecule has 1 saturated heterocycles. The number of amides is 2. The zero-order chi connectivity index (χ0) is 13.7. The monoisotopic (exact) mass is 257 g/mol. The summed E-state index contributed by atoms with van der Waals surface area (Å²) in [7, 11) is 0. The number of primary amides is 1. The van der Waals surface area contributed by atoms with Crippen LogP contribution in [0.15, 0.2) is 0 Å². The van der Waals surface area contributed by atoms with Crippen LogP contribution in [0.5, 0.6) is 0 Å². The van der Waals surface area contributed by atoms with Crippen LogP contribution in [0.1, 0.15) is 26.2 Å². The highest BCUT2D eigenvalue weighted by atomic mass is 16.4. The zero-order valence-electron chi connectivity index (χ0n) is 10.3. The van der Waals surface area contributed by atoms with Crippen molar-refractivity contribution in [2.24, 2.45) is 11.7 Å². The van der Waals surface area contributed by atoms with Crippen molar-refractivity contribution in [2.45, 2.75) is 38.3 Å². The quantitative estimate of drug-likeness (QED) is 0.494. The van der Waals surface area contributed by atoms with E-state index in [1.54, 1.807) is 0 Å². The Labute approximate surface area is 105 Å². The average molecular weight is 257 g/mol. The van der Waals surface area contributed by atoms with Gasteiger partial charge in [0.15, 0.2) is 0 Å². The number of carboxylic acid groups (broad SMARTS) is 1. The van der Waals surface area contributed by atoms with Gasteiger partial charge in [-0.05, 0) is 25.3 Å². The minimum Gasteiger partial charge on any atom is -0.480 e. The molecule has 1 aliphatic rings. The minimum absolute atomic E-state index is 0.393. The van der Waals surface area contributed by atoms with Gasteiger partial charge in [0.1, 0.15) is 6.04 Å². The number of aliphatic carboxylic acids is 1. The summed E-state index contributed by atoms with van der Waals surface area (Å²) in [6.07, 6.45) is 1.26. The van der Waals surface area contributed by atoms with Crippen molar-refractivity contribution in [3.05, 3.63) is 0 Å². The van der Waals surface area contributed by atoms with Gasteiger partial charge in [-0.3, -0.25) is 9.59 Å². The molecule has 2 unspecified atom stereocenters. The fourth-order valence-corrected chi connectivity index (χ4v) is 1.98. The minimum atomic E-state index is -1.26. The molecule has 0 radical (unpaired) electrons. The first-order valence-corrected chi connectivity index (χ1v) is 5.95. The molecule has 1 heterocycles. The number of carbonyl (C=O) groups is 3. The standard InChI is InChI=1S/C11H19N3O4/c1-6-2-3-13-7(4-6)10(16)14-8(11(17)18)5-9(12)15/h6-8,13H,2-5H2,1H3,(H2,12,15)(H,14,16)(H,17,18)/t6?,7?,8-/m1/s1. The van der Waals surface area contributed by atoms with Gasteiger partial charge in [-0.2, -0.15) is 0 Å². The highest BCUT2D eigenvalue weighted by Gasteiger charge is 2.29. The number of carbonyl (C=O) groups excluding carboxylic acids is 2. The summed E-state index contributed by atoms with van der Waals surface area (Å²) in [4.78, 5) is 33.4. The van der Waals surface area contributed by atoms with Crippen molar-refractivity contribution in [1.82, 2.24) is 10.6 Å². The molecule has 1 fully saturated rings. The predicted molar refractivity (Wildman–Crippen MR) is 63.6 cm³/mol. The third-order valence-electron chi connectivity index (χ3n) is 3.00. The van der Waals surface area contributed by atoms with Crippen molar-refractivity contribution in [3.8, 4) is 0 Å². The number of nitrogens with two attached hydrogens (primary N) is 1. The number of nitrogens with one attached hydrogen (secondary N) is 2. The first kappa shape index (κ1) is 14.4. The summed E-state index contributed by atoms with van der Waals surface area (Å²) >= 11 is 0. The van der Waals surface area contributed by atoms with E-state index in [1.807, 2.05) is 6.92 Å². The molecule has 0 bridgehead atoms. The van der Waals surface area contributed by atoms with Gasteiger partial charge in [0.25, 0.3) is 0 Å². The maximum absolute atomic E-state index is 11.9. The van der Waals surface area contributed by atoms with Gasteiger partial charge in [-0.1, -0.05) is 6.92 Å². The van der Waals surface area contributed by atoms with Crippen LogP contribution < -0.4 is 16.4 Å². The van der Waals surface area contributed by atoms with Crippen LogP contribution in [0, 0.1) is 5.92 Å². The Bertz CT molecular complexity index is 345. The van der Waals surface area contributed by atoms with E-state index in [-0.39, 0.29) is 0 Å². The average Bonchev–Trinajstić information content (AvgIpc) is 2.27. The lowest BCUT2D eigenvalue weighted by atomic mass is 9.93. The summed E-state index contributed by atoms with van der Waals surface area (Å²) < 4.78 is 0. The highest BCUT2D eigenvalue weighted by Crippen LogP contribution is 2.15. The molecule has 0 saturated carbocycles. The van der Waals surface area contributed by atoms with Gasteiger partial charge in [0.2, 0.25) is 11.8 Å². The molecule has 1 aliphatic heterocycles. The molecule has 0 aromatic heterocycles. The third kappa shape index (κ3) is 4.33. The molecule has 18 heavy (non-hydrogen) atoms. The summed E-state index contributed by atoms with van der Waals surface area (Å²) in [5.74, 6) is -1.99. The number of rotatable bonds is 5. The second-order valence-electron chi connectivity index (χ2n) is 4.71. The van der Waals surface area contributed by atoms with E-state index in [0.29, 0.717) is 12.3 Å². The first-order valence-electron chi connectivity index (χ1n) is 5.95. The molecule has 102 valence electrons. The van der Waals surface area contributed by atoms with Gasteiger partial charge in [0.05, 0.1) is 12.5 Å². The Morgan fingerprint density at radius 2 is 2.17 bits per heavy atom. The molecule has 3 atom stereocenters. The maximum Gasteiger partial charge on any atom is 0.326 e. The fraction of sp³-hybridized carbons (Fsp3) is 0.727. The molecule has 5 N–H and O–H groups in total. The maximum atomic E-state index is 11.9. The van der Waals surface area contributed by atoms with Crippen molar-refractivity contribution in [2.75, 3.05) is 6.54 Å². The molecule has 1 rings (SSSR count). The predicted octanol–water partition coefficient (Wildman–Crippen LogP) is -1.18. The van der Waals surface area contributed by atoms with E-state index in [2.05, 4.69) is 10.6 Å². The molecule has 0 aliphatic carbocycles. The first-order chi connectivity index (χ1) is 8.40.